The lowest BCUT2D eigenvalue weighted by Gasteiger charge is -2.28. The zero-order chi connectivity index (χ0) is 43.0. The van der Waals surface area contributed by atoms with E-state index in [1.165, 1.54) is 13.8 Å². The van der Waals surface area contributed by atoms with E-state index in [-0.39, 0.29) is 51.1 Å². The molecule has 324 valence electrons. The van der Waals surface area contributed by atoms with E-state index in [1.54, 1.807) is 12.1 Å². The second-order valence-electron chi connectivity index (χ2n) is 15.2. The molecule has 0 spiro atoms. The molecule has 1 aromatic carbocycles. The Bertz CT molecular complexity index is 1510. The van der Waals surface area contributed by atoms with Crippen LogP contribution in [0.25, 0.3) is 0 Å². The van der Waals surface area contributed by atoms with Gasteiger partial charge >= 0.3 is 0 Å². The Labute approximate surface area is 341 Å². The quantitative estimate of drug-likeness (QED) is 0.0753. The van der Waals surface area contributed by atoms with Crippen molar-refractivity contribution in [2.75, 3.05) is 26.2 Å². The molecule has 18 nitrogen and oxygen atoms in total. The summed E-state index contributed by atoms with van der Waals surface area (Å²) in [4.78, 5) is 106. The Morgan fingerprint density at radius 1 is 0.724 bits per heavy atom. The molecule has 12 N–H and O–H groups in total. The number of hydrogen-bond donors (Lipinski definition) is 10. The maximum Gasteiger partial charge on any atom is 0.243 e. The Kier molecular flexibility index (Phi) is 22.6. The molecule has 0 bridgehead atoms. The number of nitrogens with one attached hydrogen (secondary N) is 8. The maximum atomic E-state index is 14.0. The molecular formula is C40H66N10O8. The minimum atomic E-state index is -1.14. The largest absolute Gasteiger partial charge is 0.355 e. The second-order valence-corrected chi connectivity index (χ2v) is 15.2. The van der Waals surface area contributed by atoms with Crippen LogP contribution in [0.2, 0.25) is 0 Å². The molecule has 0 unspecified atom stereocenters. The lowest BCUT2D eigenvalue weighted by atomic mass is 10.00. The first kappa shape index (κ1) is 49.0. The summed E-state index contributed by atoms with van der Waals surface area (Å²) in [5.41, 5.74) is 12.2. The smallest absolute Gasteiger partial charge is 0.243 e. The first-order chi connectivity index (χ1) is 27.6. The van der Waals surface area contributed by atoms with Crippen LogP contribution in [0.15, 0.2) is 30.3 Å². The molecule has 2 rings (SSSR count). The Morgan fingerprint density at radius 2 is 1.33 bits per heavy atom. The Hall–Kier alpha value is -5.10. The normalized spacial score (nSPS) is 19.9. The summed E-state index contributed by atoms with van der Waals surface area (Å²) >= 11 is 0. The average Bonchev–Trinajstić information content (AvgIpc) is 3.17. The molecule has 0 saturated carbocycles. The summed E-state index contributed by atoms with van der Waals surface area (Å²) in [6.07, 6.45) is 3.79. The van der Waals surface area contributed by atoms with Gasteiger partial charge in [0.25, 0.3) is 0 Å². The van der Waals surface area contributed by atoms with Gasteiger partial charge in [-0.3, -0.25) is 38.4 Å². The van der Waals surface area contributed by atoms with Crippen LogP contribution in [0.1, 0.15) is 97.5 Å². The minimum Gasteiger partial charge on any atom is -0.355 e. The van der Waals surface area contributed by atoms with Gasteiger partial charge in [-0.2, -0.15) is 0 Å². The third-order valence-corrected chi connectivity index (χ3v) is 9.53. The van der Waals surface area contributed by atoms with Gasteiger partial charge in [-0.25, -0.2) is 0 Å². The topological polar surface area (TPSA) is 285 Å². The molecule has 8 amide bonds. The van der Waals surface area contributed by atoms with E-state index in [1.807, 2.05) is 32.0 Å². The fourth-order valence-electron chi connectivity index (χ4n) is 6.36. The molecule has 58 heavy (non-hydrogen) atoms. The van der Waals surface area contributed by atoms with Crippen LogP contribution in [0.4, 0.5) is 0 Å². The van der Waals surface area contributed by atoms with E-state index < -0.39 is 83.5 Å². The first-order valence-electron chi connectivity index (χ1n) is 20.4. The zero-order valence-electron chi connectivity index (χ0n) is 34.5. The summed E-state index contributed by atoms with van der Waals surface area (Å²) in [5.74, 6) is -4.58. The van der Waals surface area contributed by atoms with Crippen molar-refractivity contribution in [1.82, 2.24) is 42.5 Å². The standard InChI is InChI=1S/C40H66N10O8/c1-25(2)22-32-40(58)50-33(23-28-14-6-5-7-15-28)36(54)44-24-34(52)43-21-13-10-18-31(39(57)49-32)48-38(56)30(17-9-12-20-42)47-37(55)29(16-8-11-19-41)46-35(53)26(3)45-27(4)51/h5-7,14-15,25-26,29-33H,8-13,16-24,41-42H2,1-4H3,(H,43,52)(H,44,54)(H,45,51)(H,46,53)(H,47,55)(H,48,56)(H,49,57)(H,50,58)/t26-,29-,30-,31-,32-,33-/m0/s1. The van der Waals surface area contributed by atoms with Crippen LogP contribution in [-0.4, -0.2) is 110 Å². The molecule has 6 atom stereocenters. The van der Waals surface area contributed by atoms with Crippen molar-refractivity contribution in [3.63, 3.8) is 0 Å². The lowest BCUT2D eigenvalue weighted by Crippen LogP contribution is -2.60. The maximum absolute atomic E-state index is 14.0. The summed E-state index contributed by atoms with van der Waals surface area (Å²) in [6, 6.07) is 2.67. The summed E-state index contributed by atoms with van der Waals surface area (Å²) < 4.78 is 0. The van der Waals surface area contributed by atoms with Crippen LogP contribution >= 0.6 is 0 Å². The van der Waals surface area contributed by atoms with Gasteiger partial charge in [-0.05, 0) is 95.7 Å². The molecular weight excluding hydrogens is 749 g/mol. The molecule has 0 aliphatic carbocycles. The van der Waals surface area contributed by atoms with E-state index in [4.69, 9.17) is 11.5 Å². The van der Waals surface area contributed by atoms with Crippen molar-refractivity contribution in [2.45, 2.75) is 135 Å². The van der Waals surface area contributed by atoms with Gasteiger partial charge in [-0.1, -0.05) is 44.2 Å². The summed E-state index contributed by atoms with van der Waals surface area (Å²) in [6.45, 7) is 7.17. The Balaban J connectivity index is 2.39. The highest BCUT2D eigenvalue weighted by Gasteiger charge is 2.33. The average molecular weight is 815 g/mol. The van der Waals surface area contributed by atoms with Crippen molar-refractivity contribution in [1.29, 1.82) is 0 Å². The van der Waals surface area contributed by atoms with Crippen molar-refractivity contribution in [3.8, 4) is 0 Å². The molecule has 1 saturated heterocycles. The monoisotopic (exact) mass is 815 g/mol. The fourth-order valence-corrected chi connectivity index (χ4v) is 6.36. The fraction of sp³-hybridized carbons (Fsp3) is 0.650. The van der Waals surface area contributed by atoms with Crippen LogP contribution in [-0.2, 0) is 44.8 Å². The summed E-state index contributed by atoms with van der Waals surface area (Å²) in [7, 11) is 0. The van der Waals surface area contributed by atoms with Gasteiger partial charge in [0.05, 0.1) is 6.54 Å². The molecule has 0 aromatic heterocycles. The van der Waals surface area contributed by atoms with Crippen molar-refractivity contribution < 1.29 is 38.4 Å². The minimum absolute atomic E-state index is 0.0542. The summed E-state index contributed by atoms with van der Waals surface area (Å²) in [5, 5.41) is 21.6. The molecule has 1 aliphatic rings. The van der Waals surface area contributed by atoms with Crippen molar-refractivity contribution in [2.24, 2.45) is 17.4 Å². The van der Waals surface area contributed by atoms with Crippen LogP contribution in [0.5, 0.6) is 0 Å². The van der Waals surface area contributed by atoms with E-state index in [0.717, 1.165) is 5.56 Å². The number of benzene rings is 1. The van der Waals surface area contributed by atoms with Gasteiger partial charge in [0.1, 0.15) is 36.3 Å². The van der Waals surface area contributed by atoms with Crippen molar-refractivity contribution in [3.05, 3.63) is 35.9 Å². The van der Waals surface area contributed by atoms with E-state index in [9.17, 15) is 38.4 Å². The van der Waals surface area contributed by atoms with E-state index in [0.29, 0.717) is 51.6 Å². The molecule has 1 fully saturated rings. The molecule has 0 radical (unpaired) electrons. The molecule has 1 aromatic rings. The van der Waals surface area contributed by atoms with Gasteiger partial charge < -0.3 is 54.0 Å². The van der Waals surface area contributed by atoms with E-state index in [2.05, 4.69) is 42.5 Å². The third-order valence-electron chi connectivity index (χ3n) is 9.53. The highest BCUT2D eigenvalue weighted by Crippen LogP contribution is 2.12. The molecule has 18 heteroatoms. The van der Waals surface area contributed by atoms with Gasteiger partial charge in [0.2, 0.25) is 47.3 Å². The van der Waals surface area contributed by atoms with Gasteiger partial charge in [0.15, 0.2) is 0 Å². The SMILES string of the molecule is CC(=O)N[C@@H](C)C(=O)N[C@@H](CCCCN)C(=O)N[C@@H](CCCCN)C(=O)N[C@H]1CCCCNC(=O)CNC(=O)[C@H](Cc2ccccc2)NC(=O)[C@H](CC(C)C)NC1=O. The van der Waals surface area contributed by atoms with Crippen LogP contribution in [0.3, 0.4) is 0 Å². The first-order valence-corrected chi connectivity index (χ1v) is 20.4. The molecule has 1 heterocycles. The third kappa shape index (κ3) is 18.9. The lowest BCUT2D eigenvalue weighted by molar-refractivity contribution is -0.136. The number of hydrogen-bond acceptors (Lipinski definition) is 10. The number of nitrogens with two attached hydrogens (primary N) is 2. The second kappa shape index (κ2) is 26.7. The number of carbonyl (C=O) groups excluding carboxylic acids is 8. The highest BCUT2D eigenvalue weighted by molar-refractivity contribution is 5.97. The zero-order valence-corrected chi connectivity index (χ0v) is 34.5. The molecule has 1 aliphatic heterocycles. The van der Waals surface area contributed by atoms with E-state index >= 15 is 0 Å². The predicted octanol–water partition coefficient (Wildman–Crippen LogP) is -1.10. The number of carbonyl (C=O) groups is 8. The Morgan fingerprint density at radius 3 is 1.93 bits per heavy atom. The number of rotatable bonds is 19. The van der Waals surface area contributed by atoms with Crippen LogP contribution in [0, 0.1) is 5.92 Å². The van der Waals surface area contributed by atoms with Crippen LogP contribution < -0.4 is 54.0 Å². The predicted molar refractivity (Wildman–Crippen MR) is 218 cm³/mol. The number of unbranched alkanes of at least 4 members (excludes halogenated alkanes) is 2. The van der Waals surface area contributed by atoms with Crippen molar-refractivity contribution >= 4 is 47.3 Å². The highest BCUT2D eigenvalue weighted by atomic mass is 16.2. The van der Waals surface area contributed by atoms with Gasteiger partial charge in [-0.15, -0.1) is 0 Å². The van der Waals surface area contributed by atoms with Gasteiger partial charge in [0, 0.05) is 19.9 Å². The number of amides is 8.